The van der Waals surface area contributed by atoms with Gasteiger partial charge in [0.15, 0.2) is 5.96 Å². The van der Waals surface area contributed by atoms with Crippen LogP contribution >= 0.6 is 0 Å². The van der Waals surface area contributed by atoms with Crippen LogP contribution in [-0.4, -0.2) is 52.0 Å². The zero-order chi connectivity index (χ0) is 20.1. The Morgan fingerprint density at radius 1 is 1.00 bits per heavy atom. The molecule has 0 aromatic heterocycles. The van der Waals surface area contributed by atoms with E-state index in [1.807, 2.05) is 4.90 Å². The Bertz CT molecular complexity index is 922. The first kappa shape index (κ1) is 20.1. The fraction of sp³-hybridized carbons (Fsp3) is 0.316. The molecule has 2 aromatic carbocycles. The van der Waals surface area contributed by atoms with Gasteiger partial charge < -0.3 is 15.5 Å². The molecule has 9 heteroatoms. The summed E-state index contributed by atoms with van der Waals surface area (Å²) in [7, 11) is -3.67. The molecule has 0 atom stereocenters. The van der Waals surface area contributed by atoms with Crippen molar-refractivity contribution in [1.29, 1.82) is 0 Å². The molecule has 0 radical (unpaired) electrons. The lowest BCUT2D eigenvalue weighted by Gasteiger charge is -2.36. The van der Waals surface area contributed by atoms with Gasteiger partial charge in [-0.3, -0.25) is 4.99 Å². The number of rotatable bonds is 5. The molecule has 7 nitrogen and oxygen atoms in total. The summed E-state index contributed by atoms with van der Waals surface area (Å²) in [6, 6.07) is 12.9. The third kappa shape index (κ3) is 5.20. The van der Waals surface area contributed by atoms with Gasteiger partial charge in [0.1, 0.15) is 5.82 Å². The predicted molar refractivity (Wildman–Crippen MR) is 108 cm³/mol. The summed E-state index contributed by atoms with van der Waals surface area (Å²) in [4.78, 5) is 8.75. The quantitative estimate of drug-likeness (QED) is 0.574. The molecule has 0 amide bonds. The van der Waals surface area contributed by atoms with Crippen LogP contribution < -0.4 is 15.8 Å². The van der Waals surface area contributed by atoms with Gasteiger partial charge in [-0.05, 0) is 48.4 Å². The summed E-state index contributed by atoms with van der Waals surface area (Å²) in [5, 5.41) is 5.09. The Morgan fingerprint density at radius 3 is 2.18 bits per heavy atom. The monoisotopic (exact) mass is 405 g/mol. The molecule has 1 aliphatic rings. The van der Waals surface area contributed by atoms with Crippen LogP contribution in [0.25, 0.3) is 0 Å². The zero-order valence-electron chi connectivity index (χ0n) is 15.5. The lowest BCUT2D eigenvalue weighted by atomic mass is 10.1. The van der Waals surface area contributed by atoms with Crippen molar-refractivity contribution in [1.82, 2.24) is 4.90 Å². The van der Waals surface area contributed by atoms with Gasteiger partial charge in [0.2, 0.25) is 10.0 Å². The van der Waals surface area contributed by atoms with E-state index in [9.17, 15) is 12.8 Å². The molecular weight excluding hydrogens is 381 g/mol. The first-order valence-electron chi connectivity index (χ1n) is 9.00. The number of piperazine rings is 1. The molecule has 1 aliphatic heterocycles. The van der Waals surface area contributed by atoms with Crippen molar-refractivity contribution in [2.45, 2.75) is 11.3 Å². The minimum Gasteiger partial charge on any atom is -0.370 e. The van der Waals surface area contributed by atoms with E-state index in [0.29, 0.717) is 18.9 Å². The second kappa shape index (κ2) is 8.57. The van der Waals surface area contributed by atoms with Crippen LogP contribution in [0.2, 0.25) is 0 Å². The van der Waals surface area contributed by atoms with Gasteiger partial charge in [-0.1, -0.05) is 12.1 Å². The van der Waals surface area contributed by atoms with Crippen molar-refractivity contribution in [3.05, 3.63) is 59.9 Å². The number of nitrogens with zero attached hydrogens (tertiary/aromatic N) is 3. The van der Waals surface area contributed by atoms with Crippen molar-refractivity contribution >= 4 is 21.7 Å². The topological polar surface area (TPSA) is 105 Å². The maximum Gasteiger partial charge on any atom is 0.238 e. The summed E-state index contributed by atoms with van der Waals surface area (Å²) >= 11 is 0. The number of sulfonamides is 1. The SMILES string of the molecule is NC(=NCCc1ccc(S(N)(=O)=O)cc1)N1CCN(c2ccc(F)cc2)CC1. The van der Waals surface area contributed by atoms with Gasteiger partial charge in [0, 0.05) is 38.4 Å². The molecule has 0 spiro atoms. The maximum absolute atomic E-state index is 13.0. The highest BCUT2D eigenvalue weighted by atomic mass is 32.2. The number of anilines is 1. The van der Waals surface area contributed by atoms with Gasteiger partial charge in [0.25, 0.3) is 0 Å². The van der Waals surface area contributed by atoms with E-state index < -0.39 is 10.0 Å². The van der Waals surface area contributed by atoms with Crippen molar-refractivity contribution in [3.8, 4) is 0 Å². The fourth-order valence-corrected chi connectivity index (χ4v) is 3.61. The summed E-state index contributed by atoms with van der Waals surface area (Å²) in [5.41, 5.74) is 8.07. The van der Waals surface area contributed by atoms with Crippen LogP contribution in [-0.2, 0) is 16.4 Å². The Labute approximate surface area is 164 Å². The maximum atomic E-state index is 13.0. The van der Waals surface area contributed by atoms with E-state index in [1.54, 1.807) is 24.3 Å². The van der Waals surface area contributed by atoms with E-state index in [0.717, 1.165) is 37.4 Å². The van der Waals surface area contributed by atoms with Crippen molar-refractivity contribution < 1.29 is 12.8 Å². The highest BCUT2D eigenvalue weighted by molar-refractivity contribution is 7.89. The molecule has 2 aromatic rings. The van der Waals surface area contributed by atoms with Crippen LogP contribution in [0.3, 0.4) is 0 Å². The largest absolute Gasteiger partial charge is 0.370 e. The van der Waals surface area contributed by atoms with Crippen LogP contribution in [0.1, 0.15) is 5.56 Å². The third-order valence-electron chi connectivity index (χ3n) is 4.72. The van der Waals surface area contributed by atoms with E-state index in [1.165, 1.54) is 24.3 Å². The minimum atomic E-state index is -3.67. The second-order valence-corrected chi connectivity index (χ2v) is 8.19. The zero-order valence-corrected chi connectivity index (χ0v) is 16.3. The first-order valence-corrected chi connectivity index (χ1v) is 10.5. The molecule has 1 fully saturated rings. The lowest BCUT2D eigenvalue weighted by molar-refractivity contribution is 0.381. The van der Waals surface area contributed by atoms with Gasteiger partial charge in [0.05, 0.1) is 4.90 Å². The van der Waals surface area contributed by atoms with Crippen molar-refractivity contribution in [2.24, 2.45) is 15.9 Å². The number of halogens is 1. The van der Waals surface area contributed by atoms with Gasteiger partial charge in [-0.2, -0.15) is 0 Å². The molecule has 0 aliphatic carbocycles. The van der Waals surface area contributed by atoms with Crippen LogP contribution in [0.15, 0.2) is 58.4 Å². The molecular formula is C19H24FN5O2S. The Morgan fingerprint density at radius 2 is 1.61 bits per heavy atom. The van der Waals surface area contributed by atoms with Crippen LogP contribution in [0.4, 0.5) is 10.1 Å². The summed E-state index contributed by atoms with van der Waals surface area (Å²) in [6.45, 7) is 3.58. The number of aliphatic imine (C=N–C) groups is 1. The average Bonchev–Trinajstić information content (AvgIpc) is 2.68. The van der Waals surface area contributed by atoms with Crippen LogP contribution in [0, 0.1) is 5.82 Å². The highest BCUT2D eigenvalue weighted by Crippen LogP contribution is 2.17. The summed E-state index contributed by atoms with van der Waals surface area (Å²) < 4.78 is 35.6. The second-order valence-electron chi connectivity index (χ2n) is 6.63. The highest BCUT2D eigenvalue weighted by Gasteiger charge is 2.18. The normalized spacial score (nSPS) is 15.7. The molecule has 4 N–H and O–H groups in total. The molecule has 0 bridgehead atoms. The first-order chi connectivity index (χ1) is 13.3. The number of guanidine groups is 1. The Balaban J connectivity index is 1.49. The number of benzene rings is 2. The van der Waals surface area contributed by atoms with E-state index in [-0.39, 0.29) is 10.7 Å². The average molecular weight is 405 g/mol. The molecule has 0 unspecified atom stereocenters. The van der Waals surface area contributed by atoms with E-state index in [4.69, 9.17) is 10.9 Å². The predicted octanol–water partition coefficient (Wildman–Crippen LogP) is 1.15. The number of hydrogen-bond acceptors (Lipinski definition) is 4. The lowest BCUT2D eigenvalue weighted by Crippen LogP contribution is -2.51. The summed E-state index contributed by atoms with van der Waals surface area (Å²) in [6.07, 6.45) is 0.654. The van der Waals surface area contributed by atoms with Gasteiger partial charge in [-0.15, -0.1) is 0 Å². The van der Waals surface area contributed by atoms with Crippen molar-refractivity contribution in [3.63, 3.8) is 0 Å². The summed E-state index contributed by atoms with van der Waals surface area (Å²) in [5.74, 6) is 0.262. The van der Waals surface area contributed by atoms with Gasteiger partial charge >= 0.3 is 0 Å². The Kier molecular flexibility index (Phi) is 6.15. The fourth-order valence-electron chi connectivity index (χ4n) is 3.09. The van der Waals surface area contributed by atoms with E-state index >= 15 is 0 Å². The number of primary sulfonamides is 1. The Hall–Kier alpha value is -2.65. The molecule has 1 saturated heterocycles. The standard InChI is InChI=1S/C19H24FN5O2S/c20-16-3-5-17(6-4-16)24-11-13-25(14-12-24)19(21)23-10-9-15-1-7-18(8-2-15)28(22,26)27/h1-8H,9-14H2,(H2,21,23)(H2,22,26,27). The number of nitrogens with two attached hydrogens (primary N) is 2. The van der Waals surface area contributed by atoms with E-state index in [2.05, 4.69) is 9.89 Å². The van der Waals surface area contributed by atoms with Gasteiger partial charge in [-0.25, -0.2) is 17.9 Å². The molecule has 150 valence electrons. The molecule has 3 rings (SSSR count). The third-order valence-corrected chi connectivity index (χ3v) is 5.65. The molecule has 1 heterocycles. The van der Waals surface area contributed by atoms with Crippen molar-refractivity contribution in [2.75, 3.05) is 37.6 Å². The molecule has 28 heavy (non-hydrogen) atoms. The smallest absolute Gasteiger partial charge is 0.238 e. The van der Waals surface area contributed by atoms with Crippen LogP contribution in [0.5, 0.6) is 0 Å². The molecule has 0 saturated carbocycles. The minimum absolute atomic E-state index is 0.0956. The number of hydrogen-bond donors (Lipinski definition) is 2.